The molecule has 0 aliphatic heterocycles. The molecule has 0 unspecified atom stereocenters. The molecule has 1 amide bonds. The fourth-order valence-corrected chi connectivity index (χ4v) is 1.82. The Hall–Kier alpha value is -2.13. The quantitative estimate of drug-likeness (QED) is 0.876. The van der Waals surface area contributed by atoms with Gasteiger partial charge in [0.1, 0.15) is 0 Å². The molecule has 2 aromatic rings. The zero-order valence-electron chi connectivity index (χ0n) is 10.6. The van der Waals surface area contributed by atoms with Crippen LogP contribution in [0.25, 0.3) is 0 Å². The monoisotopic (exact) mass is 254 g/mol. The molecular weight excluding hydrogens is 238 g/mol. The van der Waals surface area contributed by atoms with Crippen molar-refractivity contribution in [3.05, 3.63) is 71.3 Å². The SMILES string of the molecule is [O]CCc1ccc(CNC(=O)c2ccccc2)cc1. The minimum atomic E-state index is -0.0932. The van der Waals surface area contributed by atoms with Crippen molar-refractivity contribution in [1.29, 1.82) is 0 Å². The summed E-state index contributed by atoms with van der Waals surface area (Å²) in [4.78, 5) is 11.8. The minimum Gasteiger partial charge on any atom is -0.348 e. The van der Waals surface area contributed by atoms with Gasteiger partial charge in [0.2, 0.25) is 0 Å². The van der Waals surface area contributed by atoms with E-state index in [1.54, 1.807) is 12.1 Å². The molecule has 1 N–H and O–H groups in total. The zero-order chi connectivity index (χ0) is 13.5. The van der Waals surface area contributed by atoms with Gasteiger partial charge in [-0.15, -0.1) is 0 Å². The number of amides is 1. The van der Waals surface area contributed by atoms with E-state index in [2.05, 4.69) is 5.32 Å². The zero-order valence-corrected chi connectivity index (χ0v) is 10.6. The van der Waals surface area contributed by atoms with Gasteiger partial charge in [0.05, 0.1) is 6.61 Å². The van der Waals surface area contributed by atoms with Crippen LogP contribution in [0.15, 0.2) is 54.6 Å². The van der Waals surface area contributed by atoms with E-state index in [0.29, 0.717) is 18.5 Å². The molecule has 0 heterocycles. The van der Waals surface area contributed by atoms with Crippen molar-refractivity contribution in [2.75, 3.05) is 6.61 Å². The second-order valence-electron chi connectivity index (χ2n) is 4.32. The summed E-state index contributed by atoms with van der Waals surface area (Å²) in [6.07, 6.45) is 0.552. The summed E-state index contributed by atoms with van der Waals surface area (Å²) in [5.74, 6) is -0.0794. The second kappa shape index (κ2) is 6.71. The first kappa shape index (κ1) is 13.3. The smallest absolute Gasteiger partial charge is 0.251 e. The highest BCUT2D eigenvalue weighted by Crippen LogP contribution is 2.05. The van der Waals surface area contributed by atoms with Crippen LogP contribution >= 0.6 is 0 Å². The van der Waals surface area contributed by atoms with Crippen molar-refractivity contribution < 1.29 is 9.90 Å². The van der Waals surface area contributed by atoms with Crippen LogP contribution in [0.3, 0.4) is 0 Å². The Morgan fingerprint density at radius 1 is 0.895 bits per heavy atom. The van der Waals surface area contributed by atoms with Crippen molar-refractivity contribution in [2.24, 2.45) is 0 Å². The van der Waals surface area contributed by atoms with E-state index >= 15 is 0 Å². The molecule has 0 atom stereocenters. The minimum absolute atomic E-state index is 0.0794. The predicted molar refractivity (Wildman–Crippen MR) is 73.3 cm³/mol. The third-order valence-electron chi connectivity index (χ3n) is 2.90. The normalized spacial score (nSPS) is 10.2. The van der Waals surface area contributed by atoms with Gasteiger partial charge in [0.25, 0.3) is 5.91 Å². The van der Waals surface area contributed by atoms with E-state index in [1.165, 1.54) is 0 Å². The summed E-state index contributed by atoms with van der Waals surface area (Å²) in [6, 6.07) is 16.9. The van der Waals surface area contributed by atoms with Gasteiger partial charge in [-0.2, -0.15) is 0 Å². The molecule has 3 heteroatoms. The number of hydrogen-bond donors (Lipinski definition) is 1. The first-order chi connectivity index (χ1) is 9.29. The standard InChI is InChI=1S/C16H16NO2/c18-11-10-13-6-8-14(9-7-13)12-17-16(19)15-4-2-1-3-5-15/h1-9H,10-12H2,(H,17,19). The highest BCUT2D eigenvalue weighted by atomic mass is 16.2. The topological polar surface area (TPSA) is 49.0 Å². The average molecular weight is 254 g/mol. The van der Waals surface area contributed by atoms with Crippen molar-refractivity contribution >= 4 is 5.91 Å². The Labute approximate surface area is 112 Å². The first-order valence-corrected chi connectivity index (χ1v) is 6.29. The van der Waals surface area contributed by atoms with Crippen LogP contribution in [-0.4, -0.2) is 12.5 Å². The summed E-state index contributed by atoms with van der Waals surface area (Å²) in [6.45, 7) is 0.398. The number of benzene rings is 2. The first-order valence-electron chi connectivity index (χ1n) is 6.29. The lowest BCUT2D eigenvalue weighted by Crippen LogP contribution is -2.22. The largest absolute Gasteiger partial charge is 0.348 e. The number of carbonyl (C=O) groups excluding carboxylic acids is 1. The molecule has 0 saturated carbocycles. The van der Waals surface area contributed by atoms with Crippen LogP contribution in [0.1, 0.15) is 21.5 Å². The van der Waals surface area contributed by atoms with Crippen molar-refractivity contribution in [1.82, 2.24) is 5.32 Å². The Kier molecular flexibility index (Phi) is 4.70. The third kappa shape index (κ3) is 3.93. The van der Waals surface area contributed by atoms with Gasteiger partial charge in [-0.1, -0.05) is 42.5 Å². The molecule has 1 radical (unpaired) electrons. The van der Waals surface area contributed by atoms with Crippen molar-refractivity contribution in [3.8, 4) is 0 Å². The number of carbonyl (C=O) groups is 1. The molecular formula is C16H16NO2. The Balaban J connectivity index is 1.90. The molecule has 0 spiro atoms. The summed E-state index contributed by atoms with van der Waals surface area (Å²) in [5.41, 5.74) is 2.72. The van der Waals surface area contributed by atoms with Gasteiger partial charge in [-0.25, -0.2) is 5.11 Å². The molecule has 19 heavy (non-hydrogen) atoms. The number of hydrogen-bond acceptors (Lipinski definition) is 1. The van der Waals surface area contributed by atoms with Gasteiger partial charge in [-0.05, 0) is 29.7 Å². The predicted octanol–water partition coefficient (Wildman–Crippen LogP) is 2.59. The Morgan fingerprint density at radius 3 is 2.16 bits per heavy atom. The maximum absolute atomic E-state index is 11.8. The molecule has 0 aromatic heterocycles. The van der Waals surface area contributed by atoms with Gasteiger partial charge >= 0.3 is 0 Å². The van der Waals surface area contributed by atoms with E-state index in [9.17, 15) is 9.90 Å². The Bertz CT molecular complexity index is 520. The fraction of sp³-hybridized carbons (Fsp3) is 0.188. The maximum atomic E-state index is 11.8. The summed E-state index contributed by atoms with van der Waals surface area (Å²) < 4.78 is 0. The molecule has 0 saturated heterocycles. The average Bonchev–Trinajstić information content (AvgIpc) is 2.47. The number of nitrogens with one attached hydrogen (secondary N) is 1. The van der Waals surface area contributed by atoms with E-state index in [-0.39, 0.29) is 12.5 Å². The molecule has 0 bridgehead atoms. The third-order valence-corrected chi connectivity index (χ3v) is 2.90. The molecule has 2 rings (SSSR count). The van der Waals surface area contributed by atoms with E-state index in [1.807, 2.05) is 42.5 Å². The van der Waals surface area contributed by atoms with E-state index < -0.39 is 0 Å². The van der Waals surface area contributed by atoms with Crippen LogP contribution in [-0.2, 0) is 18.1 Å². The van der Waals surface area contributed by atoms with Crippen molar-refractivity contribution in [2.45, 2.75) is 13.0 Å². The highest BCUT2D eigenvalue weighted by molar-refractivity contribution is 5.94. The van der Waals surface area contributed by atoms with Gasteiger partial charge in [0.15, 0.2) is 0 Å². The molecule has 97 valence electrons. The fourth-order valence-electron chi connectivity index (χ4n) is 1.82. The van der Waals surface area contributed by atoms with Crippen molar-refractivity contribution in [3.63, 3.8) is 0 Å². The maximum Gasteiger partial charge on any atom is 0.251 e. The molecule has 3 nitrogen and oxygen atoms in total. The van der Waals surface area contributed by atoms with Gasteiger partial charge < -0.3 is 5.32 Å². The van der Waals surface area contributed by atoms with Gasteiger partial charge in [-0.3, -0.25) is 4.79 Å². The van der Waals surface area contributed by atoms with Crippen LogP contribution in [0.2, 0.25) is 0 Å². The van der Waals surface area contributed by atoms with Crippen LogP contribution < -0.4 is 5.32 Å². The van der Waals surface area contributed by atoms with E-state index in [4.69, 9.17) is 0 Å². The highest BCUT2D eigenvalue weighted by Gasteiger charge is 2.03. The molecule has 0 fully saturated rings. The molecule has 0 aliphatic rings. The number of rotatable bonds is 5. The lowest BCUT2D eigenvalue weighted by Gasteiger charge is -2.06. The van der Waals surface area contributed by atoms with Crippen LogP contribution in [0, 0.1) is 0 Å². The molecule has 0 aliphatic carbocycles. The van der Waals surface area contributed by atoms with Crippen LogP contribution in [0.5, 0.6) is 0 Å². The second-order valence-corrected chi connectivity index (χ2v) is 4.32. The lowest BCUT2D eigenvalue weighted by atomic mass is 10.1. The summed E-state index contributed by atoms with van der Waals surface area (Å²) >= 11 is 0. The lowest BCUT2D eigenvalue weighted by molar-refractivity contribution is 0.0951. The van der Waals surface area contributed by atoms with Gasteiger partial charge in [0, 0.05) is 12.1 Å². The van der Waals surface area contributed by atoms with E-state index in [0.717, 1.165) is 11.1 Å². The summed E-state index contributed by atoms with van der Waals surface area (Å²) in [5, 5.41) is 13.4. The van der Waals surface area contributed by atoms with Crippen LogP contribution in [0.4, 0.5) is 0 Å². The summed E-state index contributed by atoms with van der Waals surface area (Å²) in [7, 11) is 0. The Morgan fingerprint density at radius 2 is 1.53 bits per heavy atom. The molecule has 2 aromatic carbocycles.